The summed E-state index contributed by atoms with van der Waals surface area (Å²) in [6.45, 7) is 1.76. The Labute approximate surface area is 144 Å². The van der Waals surface area contributed by atoms with Crippen LogP contribution >= 0.6 is 0 Å². The second-order valence-corrected chi connectivity index (χ2v) is 6.97. The van der Waals surface area contributed by atoms with Gasteiger partial charge >= 0.3 is 0 Å². The Kier molecular flexibility index (Phi) is 4.40. The molecular formula is C22H26N2. The summed E-state index contributed by atoms with van der Waals surface area (Å²) < 4.78 is 2.58. The summed E-state index contributed by atoms with van der Waals surface area (Å²) in [6, 6.07) is 19.8. The van der Waals surface area contributed by atoms with Crippen molar-refractivity contribution in [2.75, 3.05) is 6.54 Å². The Morgan fingerprint density at radius 2 is 1.79 bits per heavy atom. The normalized spacial score (nSPS) is 17.1. The van der Waals surface area contributed by atoms with E-state index < -0.39 is 0 Å². The third-order valence-electron chi connectivity index (χ3n) is 5.43. The Balaban J connectivity index is 1.84. The van der Waals surface area contributed by atoms with Crippen molar-refractivity contribution >= 4 is 10.9 Å². The van der Waals surface area contributed by atoms with Crippen LogP contribution in [0.5, 0.6) is 0 Å². The number of fused-ring (bicyclic) bond motifs is 3. The molecule has 0 bridgehead atoms. The number of rotatable bonds is 5. The van der Waals surface area contributed by atoms with Gasteiger partial charge in [0.25, 0.3) is 0 Å². The van der Waals surface area contributed by atoms with E-state index in [9.17, 15) is 0 Å². The van der Waals surface area contributed by atoms with Crippen molar-refractivity contribution in [3.63, 3.8) is 0 Å². The van der Waals surface area contributed by atoms with Gasteiger partial charge in [-0.05, 0) is 61.8 Å². The fourth-order valence-electron chi connectivity index (χ4n) is 4.37. The van der Waals surface area contributed by atoms with Crippen LogP contribution in [0.25, 0.3) is 10.9 Å². The number of nitrogens with zero attached hydrogens (tertiary/aromatic N) is 1. The van der Waals surface area contributed by atoms with Crippen molar-refractivity contribution in [3.8, 4) is 0 Å². The fraction of sp³-hybridized carbons (Fsp3) is 0.364. The molecule has 0 fully saturated rings. The first-order chi connectivity index (χ1) is 11.9. The summed E-state index contributed by atoms with van der Waals surface area (Å²) >= 11 is 0. The molecule has 0 radical (unpaired) electrons. The fourth-order valence-corrected chi connectivity index (χ4v) is 4.37. The molecule has 0 aliphatic heterocycles. The highest BCUT2D eigenvalue weighted by atomic mass is 15.0. The highest BCUT2D eigenvalue weighted by Gasteiger charge is 2.27. The Hall–Kier alpha value is -2.06. The molecule has 2 heteroatoms. The van der Waals surface area contributed by atoms with Crippen molar-refractivity contribution in [2.45, 2.75) is 44.6 Å². The van der Waals surface area contributed by atoms with Crippen molar-refractivity contribution in [1.82, 2.24) is 4.57 Å². The van der Waals surface area contributed by atoms with Crippen LogP contribution in [0.3, 0.4) is 0 Å². The number of hydrogen-bond donors (Lipinski definition) is 1. The maximum atomic E-state index is 5.80. The Bertz CT molecular complexity index is 817. The number of nitrogens with two attached hydrogens (primary N) is 1. The molecule has 0 unspecified atom stereocenters. The number of hydrogen-bond acceptors (Lipinski definition) is 1. The zero-order valence-corrected chi connectivity index (χ0v) is 14.2. The summed E-state index contributed by atoms with van der Waals surface area (Å²) in [5.74, 6) is 0.661. The van der Waals surface area contributed by atoms with Gasteiger partial charge in [0.1, 0.15) is 0 Å². The summed E-state index contributed by atoms with van der Waals surface area (Å²) in [5, 5.41) is 1.46. The quantitative estimate of drug-likeness (QED) is 0.716. The summed E-state index contributed by atoms with van der Waals surface area (Å²) in [4.78, 5) is 0. The smallest absolute Gasteiger partial charge is 0.0488 e. The van der Waals surface area contributed by atoms with Gasteiger partial charge in [-0.3, -0.25) is 0 Å². The van der Waals surface area contributed by atoms with Crippen LogP contribution in [0.2, 0.25) is 0 Å². The van der Waals surface area contributed by atoms with Crippen LogP contribution < -0.4 is 5.73 Å². The lowest BCUT2D eigenvalue weighted by Gasteiger charge is -2.26. The van der Waals surface area contributed by atoms with E-state index in [0.29, 0.717) is 5.92 Å². The average Bonchev–Trinajstić information content (AvgIpc) is 2.96. The molecule has 3 aromatic rings. The monoisotopic (exact) mass is 318 g/mol. The molecule has 24 heavy (non-hydrogen) atoms. The van der Waals surface area contributed by atoms with Gasteiger partial charge in [-0.2, -0.15) is 0 Å². The lowest BCUT2D eigenvalue weighted by atomic mass is 9.84. The topological polar surface area (TPSA) is 30.9 Å². The number of aryl methyl sites for hydroxylation is 1. The molecule has 2 nitrogen and oxygen atoms in total. The maximum Gasteiger partial charge on any atom is 0.0488 e. The number of benzene rings is 2. The second kappa shape index (κ2) is 6.82. The lowest BCUT2D eigenvalue weighted by Crippen LogP contribution is -2.16. The van der Waals surface area contributed by atoms with Crippen LogP contribution in [0, 0.1) is 0 Å². The maximum absolute atomic E-state index is 5.80. The van der Waals surface area contributed by atoms with E-state index in [-0.39, 0.29) is 0 Å². The van der Waals surface area contributed by atoms with Crippen molar-refractivity contribution in [2.24, 2.45) is 5.73 Å². The van der Waals surface area contributed by atoms with Gasteiger partial charge in [0.05, 0.1) is 0 Å². The molecule has 4 rings (SSSR count). The van der Waals surface area contributed by atoms with Gasteiger partial charge in [0.15, 0.2) is 0 Å². The van der Waals surface area contributed by atoms with Crippen molar-refractivity contribution in [1.29, 1.82) is 0 Å². The minimum atomic E-state index is 0.661. The van der Waals surface area contributed by atoms with Crippen molar-refractivity contribution in [3.05, 3.63) is 71.4 Å². The predicted octanol–water partition coefficient (Wildman–Crippen LogP) is 4.85. The highest BCUT2D eigenvalue weighted by molar-refractivity contribution is 5.86. The minimum absolute atomic E-state index is 0.661. The zero-order chi connectivity index (χ0) is 16.4. The van der Waals surface area contributed by atoms with E-state index in [4.69, 9.17) is 5.73 Å². The van der Waals surface area contributed by atoms with E-state index in [1.807, 2.05) is 0 Å². The van der Waals surface area contributed by atoms with E-state index in [1.54, 1.807) is 11.3 Å². The summed E-state index contributed by atoms with van der Waals surface area (Å²) in [6.07, 6.45) is 6.17. The largest absolute Gasteiger partial charge is 0.340 e. The Morgan fingerprint density at radius 1 is 1.00 bits per heavy atom. The molecular weight excluding hydrogens is 292 g/mol. The molecule has 124 valence electrons. The van der Waals surface area contributed by atoms with Crippen LogP contribution in [-0.2, 0) is 13.0 Å². The molecule has 2 aromatic carbocycles. The minimum Gasteiger partial charge on any atom is -0.340 e. The van der Waals surface area contributed by atoms with Gasteiger partial charge in [0.2, 0.25) is 0 Å². The van der Waals surface area contributed by atoms with Crippen LogP contribution in [0.4, 0.5) is 0 Å². The van der Waals surface area contributed by atoms with E-state index >= 15 is 0 Å². The second-order valence-electron chi connectivity index (χ2n) is 6.97. The number of para-hydroxylation sites is 1. The van der Waals surface area contributed by atoms with Crippen LogP contribution in [-0.4, -0.2) is 11.1 Å². The van der Waals surface area contributed by atoms with E-state index in [2.05, 4.69) is 59.2 Å². The first kappa shape index (κ1) is 15.5. The lowest BCUT2D eigenvalue weighted by molar-refractivity contribution is 0.481. The molecule has 0 spiro atoms. The first-order valence-corrected chi connectivity index (χ1v) is 9.22. The predicted molar refractivity (Wildman–Crippen MR) is 101 cm³/mol. The van der Waals surface area contributed by atoms with Gasteiger partial charge in [0, 0.05) is 23.1 Å². The standard InChI is InChI=1S/C22H26N2/c23-15-7-11-18-10-6-13-20-19-12-4-5-14-21(19)24(22(18)20)16-17-8-2-1-3-9-17/h1-5,8-9,12,14,18H,6-7,10-11,13,15-16,23H2/t18-/m1/s1. The highest BCUT2D eigenvalue weighted by Crippen LogP contribution is 2.40. The molecule has 1 heterocycles. The molecule has 1 aliphatic carbocycles. The van der Waals surface area contributed by atoms with Gasteiger partial charge in [-0.25, -0.2) is 0 Å². The molecule has 0 saturated heterocycles. The number of aromatic nitrogens is 1. The van der Waals surface area contributed by atoms with Crippen molar-refractivity contribution < 1.29 is 0 Å². The molecule has 1 aliphatic rings. The molecule has 0 amide bonds. The van der Waals surface area contributed by atoms with E-state index in [0.717, 1.165) is 19.5 Å². The summed E-state index contributed by atoms with van der Waals surface area (Å²) in [5.41, 5.74) is 11.7. The van der Waals surface area contributed by atoms with E-state index in [1.165, 1.54) is 42.1 Å². The SMILES string of the molecule is NCCC[C@H]1CCCc2c1n(Cc1ccccc1)c1ccccc21. The third kappa shape index (κ3) is 2.76. The molecule has 2 N–H and O–H groups in total. The van der Waals surface area contributed by atoms with Gasteiger partial charge < -0.3 is 10.3 Å². The summed E-state index contributed by atoms with van der Waals surface area (Å²) in [7, 11) is 0. The van der Waals surface area contributed by atoms with Crippen LogP contribution in [0.15, 0.2) is 54.6 Å². The van der Waals surface area contributed by atoms with Gasteiger partial charge in [-0.15, -0.1) is 0 Å². The Morgan fingerprint density at radius 3 is 2.62 bits per heavy atom. The average molecular weight is 318 g/mol. The zero-order valence-electron chi connectivity index (χ0n) is 14.2. The first-order valence-electron chi connectivity index (χ1n) is 9.22. The van der Waals surface area contributed by atoms with Crippen LogP contribution in [0.1, 0.15) is 48.4 Å². The molecule has 0 saturated carbocycles. The van der Waals surface area contributed by atoms with Gasteiger partial charge in [-0.1, -0.05) is 48.5 Å². The molecule has 1 atom stereocenters. The molecule has 1 aromatic heterocycles. The third-order valence-corrected chi connectivity index (χ3v) is 5.43.